The molecule has 1 aromatic rings. The fourth-order valence-corrected chi connectivity index (χ4v) is 5.29. The summed E-state index contributed by atoms with van der Waals surface area (Å²) in [6.45, 7) is 5.98. The van der Waals surface area contributed by atoms with E-state index in [1.54, 1.807) is 18.2 Å². The van der Waals surface area contributed by atoms with Crippen molar-refractivity contribution in [3.8, 4) is 11.5 Å². The number of anilines is 1. The molecule has 2 N–H and O–H groups in total. The molecule has 0 radical (unpaired) electrons. The van der Waals surface area contributed by atoms with E-state index in [9.17, 15) is 19.2 Å². The average Bonchev–Trinajstić information content (AvgIpc) is 2.94. The second kappa shape index (κ2) is 8.57. The van der Waals surface area contributed by atoms with E-state index in [1.165, 1.54) is 0 Å². The van der Waals surface area contributed by atoms with Gasteiger partial charge in [-0.1, -0.05) is 20.8 Å². The number of imide groups is 1. The number of nitrogens with zero attached hydrogens (tertiary/aromatic N) is 1. The minimum absolute atomic E-state index is 0.108. The van der Waals surface area contributed by atoms with Crippen LogP contribution in [0.15, 0.2) is 18.2 Å². The van der Waals surface area contributed by atoms with E-state index in [4.69, 9.17) is 14.2 Å². The van der Waals surface area contributed by atoms with Crippen LogP contribution in [0.2, 0.25) is 0 Å². The zero-order valence-corrected chi connectivity index (χ0v) is 19.1. The molecule has 2 heterocycles. The first-order valence-corrected chi connectivity index (χ1v) is 11.1. The van der Waals surface area contributed by atoms with Crippen LogP contribution in [0.1, 0.15) is 40.0 Å². The summed E-state index contributed by atoms with van der Waals surface area (Å²) in [6.07, 6.45) is 2.00. The van der Waals surface area contributed by atoms with Crippen LogP contribution in [0.4, 0.5) is 10.5 Å². The van der Waals surface area contributed by atoms with Crippen molar-refractivity contribution in [2.75, 3.05) is 31.7 Å². The van der Waals surface area contributed by atoms with Gasteiger partial charge in [0.1, 0.15) is 25.3 Å². The smallest absolute Gasteiger partial charge is 0.326 e. The summed E-state index contributed by atoms with van der Waals surface area (Å²) in [4.78, 5) is 50.9. The number of hydrogen-bond acceptors (Lipinski definition) is 7. The molecule has 1 aromatic carbocycles. The predicted octanol–water partition coefficient (Wildman–Crippen LogP) is 2.08. The number of carbonyl (C=O) groups excluding carboxylic acids is 4. The van der Waals surface area contributed by atoms with Crippen molar-refractivity contribution < 1.29 is 33.4 Å². The lowest BCUT2D eigenvalue weighted by Crippen LogP contribution is -2.54. The molecule has 1 saturated heterocycles. The van der Waals surface area contributed by atoms with Crippen molar-refractivity contribution >= 4 is 29.5 Å². The van der Waals surface area contributed by atoms with Crippen LogP contribution in [-0.2, 0) is 19.1 Å². The van der Waals surface area contributed by atoms with E-state index < -0.39 is 42.5 Å². The molecule has 1 spiro atoms. The van der Waals surface area contributed by atoms with E-state index in [2.05, 4.69) is 31.4 Å². The highest BCUT2D eigenvalue weighted by molar-refractivity contribution is 6.09. The Hall–Kier alpha value is -3.30. The van der Waals surface area contributed by atoms with E-state index in [-0.39, 0.29) is 11.3 Å². The first kappa shape index (κ1) is 22.9. The minimum atomic E-state index is -0.992. The Kier molecular flexibility index (Phi) is 5.94. The van der Waals surface area contributed by atoms with Gasteiger partial charge in [0.25, 0.3) is 11.8 Å². The molecule has 0 unspecified atom stereocenters. The van der Waals surface area contributed by atoms with Crippen molar-refractivity contribution in [3.63, 3.8) is 0 Å². The first-order valence-electron chi connectivity index (χ1n) is 11.1. The number of hydrogen-bond donors (Lipinski definition) is 2. The standard InChI is InChI=1S/C23H29N3O7/c1-14-9-22(2,3)13-23(10-14)20(29)26(21(30)25-23)11-19(28)33-12-18(27)24-15-4-5-16-17(8-15)32-7-6-31-16/h4-5,8,14H,6-7,9-13H2,1-3H3,(H,24,27)(H,25,30)/t14-,23+/m1/s1. The van der Waals surface area contributed by atoms with Gasteiger partial charge in [0.05, 0.1) is 0 Å². The van der Waals surface area contributed by atoms with Crippen LogP contribution in [0, 0.1) is 11.3 Å². The van der Waals surface area contributed by atoms with Gasteiger partial charge < -0.3 is 24.8 Å². The van der Waals surface area contributed by atoms with Crippen molar-refractivity contribution in [3.05, 3.63) is 18.2 Å². The maximum absolute atomic E-state index is 13.1. The number of urea groups is 1. The number of carbonyl (C=O) groups is 4. The van der Waals surface area contributed by atoms with Crippen molar-refractivity contribution in [2.24, 2.45) is 11.3 Å². The molecular formula is C23H29N3O7. The molecule has 2 fully saturated rings. The lowest BCUT2D eigenvalue weighted by Gasteiger charge is -2.43. The molecular weight excluding hydrogens is 430 g/mol. The lowest BCUT2D eigenvalue weighted by molar-refractivity contribution is -0.150. The maximum atomic E-state index is 13.1. The average molecular weight is 459 g/mol. The maximum Gasteiger partial charge on any atom is 0.326 e. The molecule has 2 atom stereocenters. The fraction of sp³-hybridized carbons (Fsp3) is 0.565. The van der Waals surface area contributed by atoms with Crippen molar-refractivity contribution in [1.82, 2.24) is 10.2 Å². The van der Waals surface area contributed by atoms with E-state index in [0.717, 1.165) is 11.3 Å². The summed E-state index contributed by atoms with van der Waals surface area (Å²) < 4.78 is 15.9. The summed E-state index contributed by atoms with van der Waals surface area (Å²) in [5, 5.41) is 5.42. The number of esters is 1. The molecule has 10 heteroatoms. The second-order valence-corrected chi connectivity index (χ2v) is 9.83. The largest absolute Gasteiger partial charge is 0.486 e. The zero-order chi connectivity index (χ0) is 23.8. The third-order valence-corrected chi connectivity index (χ3v) is 6.10. The van der Waals surface area contributed by atoms with Gasteiger partial charge >= 0.3 is 12.0 Å². The molecule has 1 saturated carbocycles. The minimum Gasteiger partial charge on any atom is -0.486 e. The highest BCUT2D eigenvalue weighted by Crippen LogP contribution is 2.46. The Morgan fingerprint density at radius 1 is 1.18 bits per heavy atom. The Balaban J connectivity index is 1.30. The zero-order valence-electron chi connectivity index (χ0n) is 19.1. The van der Waals surface area contributed by atoms with Gasteiger partial charge in [-0.25, -0.2) is 4.79 Å². The van der Waals surface area contributed by atoms with Gasteiger partial charge in [0.2, 0.25) is 0 Å². The van der Waals surface area contributed by atoms with Gasteiger partial charge in [-0.15, -0.1) is 0 Å². The molecule has 1 aliphatic carbocycles. The van der Waals surface area contributed by atoms with Crippen LogP contribution >= 0.6 is 0 Å². The summed E-state index contributed by atoms with van der Waals surface area (Å²) in [5.74, 6) is -0.442. The van der Waals surface area contributed by atoms with Crippen LogP contribution < -0.4 is 20.1 Å². The second-order valence-electron chi connectivity index (χ2n) is 9.83. The Labute approximate surface area is 191 Å². The number of ether oxygens (including phenoxy) is 3. The topological polar surface area (TPSA) is 123 Å². The van der Waals surface area contributed by atoms with E-state index in [0.29, 0.717) is 43.2 Å². The lowest BCUT2D eigenvalue weighted by atomic mass is 9.64. The Bertz CT molecular complexity index is 992. The molecule has 0 bridgehead atoms. The normalized spacial score (nSPS) is 25.5. The van der Waals surface area contributed by atoms with Gasteiger partial charge in [0.15, 0.2) is 18.1 Å². The number of benzene rings is 1. The van der Waals surface area contributed by atoms with Gasteiger partial charge in [0, 0.05) is 11.8 Å². The first-order chi connectivity index (χ1) is 15.6. The Morgan fingerprint density at radius 2 is 1.91 bits per heavy atom. The monoisotopic (exact) mass is 459 g/mol. The number of rotatable bonds is 5. The molecule has 10 nitrogen and oxygen atoms in total. The van der Waals surface area contributed by atoms with Crippen LogP contribution in [0.5, 0.6) is 11.5 Å². The Morgan fingerprint density at radius 3 is 2.64 bits per heavy atom. The third kappa shape index (κ3) is 4.89. The predicted molar refractivity (Wildman–Crippen MR) is 117 cm³/mol. The molecule has 2 aliphatic heterocycles. The van der Waals surface area contributed by atoms with Crippen molar-refractivity contribution in [2.45, 2.75) is 45.6 Å². The van der Waals surface area contributed by atoms with Gasteiger partial charge in [-0.3, -0.25) is 19.3 Å². The number of amides is 4. The molecule has 33 heavy (non-hydrogen) atoms. The number of fused-ring (bicyclic) bond motifs is 1. The van der Waals surface area contributed by atoms with Crippen LogP contribution in [0.25, 0.3) is 0 Å². The van der Waals surface area contributed by atoms with Gasteiger partial charge in [-0.05, 0) is 42.7 Å². The third-order valence-electron chi connectivity index (χ3n) is 6.10. The number of nitrogens with one attached hydrogen (secondary N) is 2. The molecule has 4 amide bonds. The molecule has 3 aliphatic rings. The highest BCUT2D eigenvalue weighted by atomic mass is 16.6. The van der Waals surface area contributed by atoms with Crippen molar-refractivity contribution in [1.29, 1.82) is 0 Å². The van der Waals surface area contributed by atoms with E-state index >= 15 is 0 Å². The summed E-state index contributed by atoms with van der Waals surface area (Å²) in [7, 11) is 0. The van der Waals surface area contributed by atoms with Crippen LogP contribution in [-0.4, -0.2) is 60.6 Å². The molecule has 4 rings (SSSR count). The summed E-state index contributed by atoms with van der Waals surface area (Å²) in [5.41, 5.74) is -0.637. The fourth-order valence-electron chi connectivity index (χ4n) is 5.29. The van der Waals surface area contributed by atoms with E-state index in [1.807, 2.05) is 0 Å². The molecule has 0 aromatic heterocycles. The van der Waals surface area contributed by atoms with Gasteiger partial charge in [-0.2, -0.15) is 0 Å². The highest BCUT2D eigenvalue weighted by Gasteiger charge is 2.56. The quantitative estimate of drug-likeness (QED) is 0.510. The molecule has 178 valence electrons. The summed E-state index contributed by atoms with van der Waals surface area (Å²) >= 11 is 0. The SMILES string of the molecule is C[C@@H]1CC(C)(C)C[C@]2(C1)NC(=O)N(CC(=O)OCC(=O)Nc1ccc3c(c1)OCCO3)C2=O. The van der Waals surface area contributed by atoms with Crippen LogP contribution in [0.3, 0.4) is 0 Å². The summed E-state index contributed by atoms with van der Waals surface area (Å²) in [6, 6.07) is 4.33.